The van der Waals surface area contributed by atoms with Gasteiger partial charge in [-0.3, -0.25) is 0 Å². The van der Waals surface area contributed by atoms with Crippen LogP contribution < -0.4 is 5.32 Å². The van der Waals surface area contributed by atoms with Gasteiger partial charge < -0.3 is 5.32 Å². The Labute approximate surface area is 158 Å². The van der Waals surface area contributed by atoms with Gasteiger partial charge in [-0.2, -0.15) is 13.2 Å². The van der Waals surface area contributed by atoms with Crippen LogP contribution in [0.1, 0.15) is 42.9 Å². The average Bonchev–Trinajstić information content (AvgIpc) is 2.71. The predicted octanol–water partition coefficient (Wildman–Crippen LogP) is 6.14. The number of fused-ring (bicyclic) bond motifs is 1. The second-order valence-corrected chi connectivity index (χ2v) is 5.89. The van der Waals surface area contributed by atoms with Gasteiger partial charge in [0, 0.05) is 11.5 Å². The van der Waals surface area contributed by atoms with Crippen LogP contribution in [0.2, 0.25) is 0 Å². The third-order valence-electron chi connectivity index (χ3n) is 4.06. The van der Waals surface area contributed by atoms with Crippen LogP contribution in [0.5, 0.6) is 0 Å². The molecule has 0 heterocycles. The average molecular weight is 362 g/mol. The lowest BCUT2D eigenvalue weighted by atomic mass is 9.99. The highest BCUT2D eigenvalue weighted by Gasteiger charge is 2.30. The van der Waals surface area contributed by atoms with Crippen molar-refractivity contribution in [2.75, 3.05) is 6.54 Å². The summed E-state index contributed by atoms with van der Waals surface area (Å²) in [6.45, 7) is 0.949. The van der Waals surface area contributed by atoms with E-state index in [4.69, 9.17) is 6.85 Å². The van der Waals surface area contributed by atoms with Crippen molar-refractivity contribution in [3.63, 3.8) is 0 Å². The molecule has 0 saturated heterocycles. The summed E-state index contributed by atoms with van der Waals surface area (Å²) in [5.41, 5.74) is -0.870. The van der Waals surface area contributed by atoms with Gasteiger partial charge in [-0.15, -0.1) is 0 Å². The largest absolute Gasteiger partial charge is 0.416 e. The van der Waals surface area contributed by atoms with Crippen molar-refractivity contribution in [2.45, 2.75) is 31.9 Å². The second-order valence-electron chi connectivity index (χ2n) is 5.89. The van der Waals surface area contributed by atoms with Gasteiger partial charge in [0.1, 0.15) is 0 Å². The Morgan fingerprint density at radius 1 is 1.04 bits per heavy atom. The van der Waals surface area contributed by atoms with E-state index in [9.17, 15) is 13.2 Å². The quantitative estimate of drug-likeness (QED) is 0.555. The van der Waals surface area contributed by atoms with Crippen molar-refractivity contribution in [1.82, 2.24) is 5.32 Å². The van der Waals surface area contributed by atoms with Gasteiger partial charge in [-0.25, -0.2) is 0 Å². The van der Waals surface area contributed by atoms with E-state index >= 15 is 0 Å². The molecule has 136 valence electrons. The first-order valence-electron chi connectivity index (χ1n) is 10.7. The minimum absolute atomic E-state index is 0.411. The topological polar surface area (TPSA) is 12.0 Å². The van der Waals surface area contributed by atoms with Crippen molar-refractivity contribution >= 4 is 10.8 Å². The molecule has 0 radical (unpaired) electrons. The normalized spacial score (nSPS) is 18.2. The highest BCUT2D eigenvalue weighted by atomic mass is 19.4. The van der Waals surface area contributed by atoms with Gasteiger partial charge >= 0.3 is 6.18 Å². The van der Waals surface area contributed by atoms with E-state index < -0.39 is 42.6 Å². The molecule has 0 aliphatic carbocycles. The molecule has 1 nitrogen and oxygen atoms in total. The van der Waals surface area contributed by atoms with Crippen LogP contribution in [0.25, 0.3) is 10.8 Å². The molecule has 0 saturated carbocycles. The fourth-order valence-corrected chi connectivity index (χ4v) is 2.74. The van der Waals surface area contributed by atoms with E-state index in [0.717, 1.165) is 29.0 Å². The fraction of sp³-hybridized carbons (Fsp3) is 0.273. The highest BCUT2D eigenvalue weighted by molar-refractivity contribution is 5.86. The molecular formula is C22H22F3N. The number of hydrogen-bond donors (Lipinski definition) is 1. The van der Waals surface area contributed by atoms with Gasteiger partial charge in [0.25, 0.3) is 0 Å². The Morgan fingerprint density at radius 3 is 2.58 bits per heavy atom. The summed E-state index contributed by atoms with van der Waals surface area (Å²) in [5.74, 6) is 0. The summed E-state index contributed by atoms with van der Waals surface area (Å²) in [5, 5.41) is 4.47. The number of halogens is 3. The smallest absolute Gasteiger partial charge is 0.310 e. The maximum absolute atomic E-state index is 13.0. The lowest BCUT2D eigenvalue weighted by Gasteiger charge is -2.17. The standard InChI is InChI=1S/C22H22F3N/c1-16(20-13-5-10-18-9-2-3-12-21(18)20)26-14-6-8-17-7-4-11-19(15-17)22(23,24)25/h2-5,7,9-13,15-16,26H,6,8,14H2,1H3/t16-/m0/s1/i6D2,8D2,16D. The van der Waals surface area contributed by atoms with Crippen molar-refractivity contribution in [2.24, 2.45) is 0 Å². The van der Waals surface area contributed by atoms with Crippen LogP contribution >= 0.6 is 0 Å². The molecule has 1 N–H and O–H groups in total. The zero-order valence-corrected chi connectivity index (χ0v) is 14.2. The minimum Gasteiger partial charge on any atom is -0.310 e. The van der Waals surface area contributed by atoms with Crippen LogP contribution in [0.15, 0.2) is 66.7 Å². The Hall–Kier alpha value is -2.33. The maximum atomic E-state index is 13.0. The number of rotatable bonds is 6. The van der Waals surface area contributed by atoms with Crippen LogP contribution in [0, 0.1) is 0 Å². The Bertz CT molecular complexity index is 1070. The summed E-state index contributed by atoms with van der Waals surface area (Å²) >= 11 is 0. The van der Waals surface area contributed by atoms with E-state index in [1.54, 1.807) is 12.1 Å². The minimum atomic E-state index is -4.66. The Kier molecular flexibility index (Phi) is 3.94. The third-order valence-corrected chi connectivity index (χ3v) is 4.06. The van der Waals surface area contributed by atoms with Gasteiger partial charge in [0.2, 0.25) is 0 Å². The van der Waals surface area contributed by atoms with Crippen molar-refractivity contribution in [3.8, 4) is 0 Å². The van der Waals surface area contributed by atoms with Gasteiger partial charge in [0.05, 0.1) is 6.93 Å². The Balaban J connectivity index is 1.87. The summed E-state index contributed by atoms with van der Waals surface area (Å²) in [6.07, 6.45) is -9.98. The SMILES string of the molecule is [2H]C([2H])(CN[C@@]([2H])(C)c1cccc2ccccc12)C([2H])([2H])c1cccc(C(F)(F)F)c1. The molecule has 1 atom stereocenters. The predicted molar refractivity (Wildman–Crippen MR) is 100 cm³/mol. The molecule has 26 heavy (non-hydrogen) atoms. The number of aryl methyl sites for hydroxylation is 1. The molecule has 0 amide bonds. The van der Waals surface area contributed by atoms with E-state index in [0.29, 0.717) is 11.6 Å². The highest BCUT2D eigenvalue weighted by Crippen LogP contribution is 2.29. The molecule has 0 aliphatic heterocycles. The number of nitrogens with one attached hydrogen (secondary N) is 1. The first-order chi connectivity index (χ1) is 14.3. The monoisotopic (exact) mass is 362 g/mol. The molecular weight excluding hydrogens is 335 g/mol. The number of alkyl halides is 3. The van der Waals surface area contributed by atoms with Crippen molar-refractivity contribution in [3.05, 3.63) is 83.4 Å². The zero-order valence-electron chi connectivity index (χ0n) is 19.2. The second kappa shape index (κ2) is 7.92. The molecule has 0 aliphatic rings. The number of benzene rings is 3. The van der Waals surface area contributed by atoms with Crippen LogP contribution in [0.4, 0.5) is 13.2 Å². The molecule has 0 unspecified atom stereocenters. The first kappa shape index (κ1) is 12.9. The molecule has 3 rings (SSSR count). The van der Waals surface area contributed by atoms with Gasteiger partial charge in [-0.05, 0) is 54.2 Å². The zero-order chi connectivity index (χ0) is 23.1. The molecule has 0 spiro atoms. The van der Waals surface area contributed by atoms with Crippen LogP contribution in [0.3, 0.4) is 0 Å². The van der Waals surface area contributed by atoms with Crippen LogP contribution in [-0.4, -0.2) is 6.54 Å². The van der Waals surface area contributed by atoms with Gasteiger partial charge in [0.15, 0.2) is 0 Å². The van der Waals surface area contributed by atoms with E-state index in [2.05, 4.69) is 5.32 Å². The fourth-order valence-electron chi connectivity index (χ4n) is 2.74. The van der Waals surface area contributed by atoms with Crippen molar-refractivity contribution in [1.29, 1.82) is 0 Å². The van der Waals surface area contributed by atoms with E-state index in [1.165, 1.54) is 6.92 Å². The molecule has 0 bridgehead atoms. The first-order valence-corrected chi connectivity index (χ1v) is 8.17. The molecule has 4 heteroatoms. The molecule has 0 aromatic heterocycles. The van der Waals surface area contributed by atoms with E-state index in [-0.39, 0.29) is 0 Å². The van der Waals surface area contributed by atoms with Crippen molar-refractivity contribution < 1.29 is 20.0 Å². The summed E-state index contributed by atoms with van der Waals surface area (Å²) in [7, 11) is 0. The summed E-state index contributed by atoms with van der Waals surface area (Å²) in [6, 6.07) is 15.0. The lowest BCUT2D eigenvalue weighted by molar-refractivity contribution is -0.137. The third kappa shape index (κ3) is 4.44. The van der Waals surface area contributed by atoms with Crippen LogP contribution in [-0.2, 0) is 12.5 Å². The maximum Gasteiger partial charge on any atom is 0.416 e. The molecule has 0 fully saturated rings. The van der Waals surface area contributed by atoms with Gasteiger partial charge in [-0.1, -0.05) is 60.7 Å². The van der Waals surface area contributed by atoms with E-state index in [1.807, 2.05) is 30.3 Å². The summed E-state index contributed by atoms with van der Waals surface area (Å²) < 4.78 is 80.8. The molecule has 3 aromatic carbocycles. The lowest BCUT2D eigenvalue weighted by Crippen LogP contribution is -2.20. The summed E-state index contributed by atoms with van der Waals surface area (Å²) in [4.78, 5) is 0. The Morgan fingerprint density at radius 2 is 1.77 bits per heavy atom. The molecule has 3 aromatic rings. The number of hydrogen-bond acceptors (Lipinski definition) is 1.